The minimum Gasteiger partial charge on any atom is -0.302 e. The molecule has 1 saturated heterocycles. The van der Waals surface area contributed by atoms with Gasteiger partial charge in [-0.05, 0) is 61.4 Å². The zero-order valence-electron chi connectivity index (χ0n) is 17.9. The maximum Gasteiger partial charge on any atom is 0.243 e. The number of piperidine rings is 1. The first-order valence-electron chi connectivity index (χ1n) is 11.3. The number of fused-ring (bicyclic) bond motifs is 2. The monoisotopic (exact) mass is 469 g/mol. The molecule has 0 unspecified atom stereocenters. The van der Waals surface area contributed by atoms with Crippen molar-refractivity contribution in [2.45, 2.75) is 49.8 Å². The first kappa shape index (κ1) is 21.6. The molecule has 1 fully saturated rings. The quantitative estimate of drug-likeness (QED) is 0.566. The SMILES string of the molecule is O=C(Nc1nc2c(s1)CCCCC2)C1CCN(S(=O)(=O)c2ccc3ccccc3c2)CC1. The Kier molecular flexibility index (Phi) is 6.01. The standard InChI is InChI=1S/C24H27N3O3S2/c28-23(26-24-25-21-8-2-1-3-9-22(21)31-24)18-12-14-27(15-13-18)32(29,30)20-11-10-17-6-4-5-7-19(17)16-20/h4-7,10-11,16,18H,1-3,8-9,12-15H2,(H,25,26,28). The Bertz CT molecular complexity index is 1220. The normalized spacial score (nSPS) is 18.2. The van der Waals surface area contributed by atoms with Gasteiger partial charge in [0, 0.05) is 23.9 Å². The van der Waals surface area contributed by atoms with Crippen molar-refractivity contribution in [1.82, 2.24) is 9.29 Å². The minimum absolute atomic E-state index is 0.0448. The molecular formula is C24H27N3O3S2. The average molecular weight is 470 g/mol. The third-order valence-electron chi connectivity index (χ3n) is 6.51. The van der Waals surface area contributed by atoms with Crippen LogP contribution in [0.1, 0.15) is 42.7 Å². The minimum atomic E-state index is -3.58. The highest BCUT2D eigenvalue weighted by Crippen LogP contribution is 2.31. The smallest absolute Gasteiger partial charge is 0.243 e. The third kappa shape index (κ3) is 4.31. The molecule has 0 atom stereocenters. The van der Waals surface area contributed by atoms with Crippen LogP contribution in [0.4, 0.5) is 5.13 Å². The van der Waals surface area contributed by atoms with Crippen LogP contribution in [0, 0.1) is 5.92 Å². The Morgan fingerprint density at radius 1 is 1.00 bits per heavy atom. The summed E-state index contributed by atoms with van der Waals surface area (Å²) in [5, 5.41) is 5.61. The Morgan fingerprint density at radius 3 is 2.56 bits per heavy atom. The number of aromatic nitrogens is 1. The van der Waals surface area contributed by atoms with Gasteiger partial charge in [0.25, 0.3) is 0 Å². The molecule has 168 valence electrons. The summed E-state index contributed by atoms with van der Waals surface area (Å²) < 4.78 is 27.8. The number of nitrogens with one attached hydrogen (secondary N) is 1. The summed E-state index contributed by atoms with van der Waals surface area (Å²) in [6.07, 6.45) is 6.67. The fourth-order valence-corrected chi connectivity index (χ4v) is 7.18. The molecule has 3 aromatic rings. The van der Waals surface area contributed by atoms with Gasteiger partial charge in [0.05, 0.1) is 10.6 Å². The third-order valence-corrected chi connectivity index (χ3v) is 9.48. The molecule has 0 bridgehead atoms. The number of hydrogen-bond acceptors (Lipinski definition) is 5. The predicted molar refractivity (Wildman–Crippen MR) is 127 cm³/mol. The largest absolute Gasteiger partial charge is 0.302 e. The highest BCUT2D eigenvalue weighted by atomic mass is 32.2. The van der Waals surface area contributed by atoms with Gasteiger partial charge in [-0.25, -0.2) is 13.4 Å². The van der Waals surface area contributed by atoms with Crippen molar-refractivity contribution in [3.05, 3.63) is 53.0 Å². The molecule has 2 aromatic carbocycles. The molecule has 5 rings (SSSR count). The van der Waals surface area contributed by atoms with Crippen LogP contribution < -0.4 is 5.32 Å². The van der Waals surface area contributed by atoms with Crippen LogP contribution in [0.2, 0.25) is 0 Å². The van der Waals surface area contributed by atoms with Gasteiger partial charge in [-0.3, -0.25) is 4.79 Å². The highest BCUT2D eigenvalue weighted by molar-refractivity contribution is 7.89. The second kappa shape index (κ2) is 8.92. The average Bonchev–Trinajstić information content (AvgIpc) is 3.06. The number of nitrogens with zero attached hydrogens (tertiary/aromatic N) is 2. The molecule has 0 saturated carbocycles. The van der Waals surface area contributed by atoms with Gasteiger partial charge in [0.15, 0.2) is 5.13 Å². The van der Waals surface area contributed by atoms with Crippen molar-refractivity contribution >= 4 is 43.2 Å². The number of anilines is 1. The van der Waals surface area contributed by atoms with Crippen LogP contribution in [0.5, 0.6) is 0 Å². The number of carbonyl (C=O) groups excluding carboxylic acids is 1. The van der Waals surface area contributed by atoms with Gasteiger partial charge in [-0.15, -0.1) is 11.3 Å². The van der Waals surface area contributed by atoms with Crippen LogP contribution in [0.3, 0.4) is 0 Å². The molecule has 32 heavy (non-hydrogen) atoms. The lowest BCUT2D eigenvalue weighted by Crippen LogP contribution is -2.41. The van der Waals surface area contributed by atoms with E-state index in [0.717, 1.165) is 35.7 Å². The Hall–Kier alpha value is -2.29. The molecular weight excluding hydrogens is 442 g/mol. The molecule has 1 amide bonds. The maximum atomic E-state index is 13.2. The number of sulfonamides is 1. The molecule has 1 aliphatic heterocycles. The number of amides is 1. The van der Waals surface area contributed by atoms with Crippen molar-refractivity contribution in [2.24, 2.45) is 5.92 Å². The van der Waals surface area contributed by atoms with E-state index in [2.05, 4.69) is 10.3 Å². The van der Waals surface area contributed by atoms with Gasteiger partial charge in [-0.1, -0.05) is 36.8 Å². The van der Waals surface area contributed by atoms with Crippen molar-refractivity contribution in [2.75, 3.05) is 18.4 Å². The van der Waals surface area contributed by atoms with Gasteiger partial charge in [0.2, 0.25) is 15.9 Å². The van der Waals surface area contributed by atoms with Crippen molar-refractivity contribution in [1.29, 1.82) is 0 Å². The van der Waals surface area contributed by atoms with Crippen LogP contribution in [-0.4, -0.2) is 36.7 Å². The van der Waals surface area contributed by atoms with Crippen molar-refractivity contribution in [3.8, 4) is 0 Å². The lowest BCUT2D eigenvalue weighted by molar-refractivity contribution is -0.120. The molecule has 1 aromatic heterocycles. The Morgan fingerprint density at radius 2 is 1.75 bits per heavy atom. The highest BCUT2D eigenvalue weighted by Gasteiger charge is 2.32. The second-order valence-electron chi connectivity index (χ2n) is 8.63. The van der Waals surface area contributed by atoms with E-state index in [1.165, 1.54) is 22.0 Å². The van der Waals surface area contributed by atoms with Gasteiger partial charge >= 0.3 is 0 Å². The topological polar surface area (TPSA) is 79.4 Å². The van der Waals surface area contributed by atoms with E-state index in [9.17, 15) is 13.2 Å². The molecule has 2 heterocycles. The number of benzene rings is 2. The van der Waals surface area contributed by atoms with Crippen LogP contribution >= 0.6 is 11.3 Å². The lowest BCUT2D eigenvalue weighted by atomic mass is 9.97. The molecule has 1 aliphatic carbocycles. The van der Waals surface area contributed by atoms with Gasteiger partial charge in [-0.2, -0.15) is 4.31 Å². The zero-order chi connectivity index (χ0) is 22.1. The molecule has 0 radical (unpaired) electrons. The van der Waals surface area contributed by atoms with Crippen molar-refractivity contribution in [3.63, 3.8) is 0 Å². The number of aryl methyl sites for hydroxylation is 2. The zero-order valence-corrected chi connectivity index (χ0v) is 19.6. The van der Waals surface area contributed by atoms with E-state index >= 15 is 0 Å². The Labute approximate surface area is 192 Å². The number of hydrogen-bond donors (Lipinski definition) is 1. The second-order valence-corrected chi connectivity index (χ2v) is 11.6. The van der Waals surface area contributed by atoms with Crippen LogP contribution in [-0.2, 0) is 27.7 Å². The van der Waals surface area contributed by atoms with E-state index in [1.807, 2.05) is 30.3 Å². The molecule has 6 nitrogen and oxygen atoms in total. The molecule has 2 aliphatic rings. The fraction of sp³-hybridized carbons (Fsp3) is 0.417. The van der Waals surface area contributed by atoms with Crippen LogP contribution in [0.25, 0.3) is 10.8 Å². The summed E-state index contributed by atoms with van der Waals surface area (Å²) in [7, 11) is -3.58. The van der Waals surface area contributed by atoms with E-state index in [0.29, 0.717) is 36.0 Å². The molecule has 0 spiro atoms. The molecule has 1 N–H and O–H groups in total. The van der Waals surface area contributed by atoms with E-state index in [4.69, 9.17) is 0 Å². The maximum absolute atomic E-state index is 13.2. The van der Waals surface area contributed by atoms with Crippen LogP contribution in [0.15, 0.2) is 47.4 Å². The summed E-state index contributed by atoms with van der Waals surface area (Å²) in [6, 6.07) is 13.0. The summed E-state index contributed by atoms with van der Waals surface area (Å²) in [6.45, 7) is 0.698. The van der Waals surface area contributed by atoms with Crippen molar-refractivity contribution < 1.29 is 13.2 Å². The van der Waals surface area contributed by atoms with E-state index in [-0.39, 0.29) is 11.8 Å². The first-order chi connectivity index (χ1) is 15.5. The summed E-state index contributed by atoms with van der Waals surface area (Å²) in [4.78, 5) is 19.1. The van der Waals surface area contributed by atoms with Gasteiger partial charge in [0.1, 0.15) is 0 Å². The summed E-state index contributed by atoms with van der Waals surface area (Å²) in [5.74, 6) is -0.238. The summed E-state index contributed by atoms with van der Waals surface area (Å²) >= 11 is 1.59. The first-order valence-corrected chi connectivity index (χ1v) is 13.5. The fourth-order valence-electron chi connectivity index (χ4n) is 4.62. The van der Waals surface area contributed by atoms with E-state index < -0.39 is 10.0 Å². The van der Waals surface area contributed by atoms with E-state index in [1.54, 1.807) is 23.5 Å². The number of thiazole rings is 1. The van der Waals surface area contributed by atoms with Gasteiger partial charge < -0.3 is 5.32 Å². The number of carbonyl (C=O) groups is 1. The molecule has 8 heteroatoms. The summed E-state index contributed by atoms with van der Waals surface area (Å²) in [5.41, 5.74) is 1.14. The lowest BCUT2D eigenvalue weighted by Gasteiger charge is -2.30. The Balaban J connectivity index is 1.22. The predicted octanol–water partition coefficient (Wildman–Crippen LogP) is 4.60. The number of rotatable bonds is 4.